The summed E-state index contributed by atoms with van der Waals surface area (Å²) in [5, 5.41) is 2.97. The molecule has 0 heterocycles. The van der Waals surface area contributed by atoms with E-state index in [9.17, 15) is 4.79 Å². The molecule has 92 valence electrons. The van der Waals surface area contributed by atoms with Crippen LogP contribution >= 0.6 is 15.9 Å². The zero-order valence-corrected chi connectivity index (χ0v) is 11.5. The van der Waals surface area contributed by atoms with Gasteiger partial charge in [-0.1, -0.05) is 12.1 Å². The molecule has 17 heavy (non-hydrogen) atoms. The molecule has 1 fully saturated rings. The Bertz CT molecular complexity index is 441. The minimum Gasteiger partial charge on any atom is -0.351 e. The summed E-state index contributed by atoms with van der Waals surface area (Å²) in [5.41, 5.74) is 7.62. The smallest absolute Gasteiger partial charge is 0.252 e. The van der Waals surface area contributed by atoms with Crippen molar-refractivity contribution in [1.29, 1.82) is 0 Å². The summed E-state index contributed by atoms with van der Waals surface area (Å²) in [6, 6.07) is 5.70. The maximum absolute atomic E-state index is 12.0. The van der Waals surface area contributed by atoms with Gasteiger partial charge >= 0.3 is 0 Å². The largest absolute Gasteiger partial charge is 0.351 e. The lowest BCUT2D eigenvalue weighted by Gasteiger charge is -2.14. The second-order valence-corrected chi connectivity index (χ2v) is 5.62. The second-order valence-electron chi connectivity index (χ2n) is 4.82. The van der Waals surface area contributed by atoms with Crippen molar-refractivity contribution in [3.05, 3.63) is 33.8 Å². The molecule has 0 aromatic heterocycles. The van der Waals surface area contributed by atoms with Crippen LogP contribution in [0.25, 0.3) is 0 Å². The van der Waals surface area contributed by atoms with Crippen LogP contribution in [0.5, 0.6) is 0 Å². The molecular weight excluding hydrogens is 280 g/mol. The quantitative estimate of drug-likeness (QED) is 0.895. The Morgan fingerprint density at radius 2 is 2.24 bits per heavy atom. The molecule has 0 atom stereocenters. The number of carbonyl (C=O) groups is 1. The minimum atomic E-state index is -0.0275. The number of hydrogen-bond donors (Lipinski definition) is 2. The standard InChI is InChI=1S/C13H17BrN2O/c1-9-3-2-4-10(11(9)14)12(17)16-8-13(7-15)5-6-13/h2-4H,5-8,15H2,1H3,(H,16,17). The highest BCUT2D eigenvalue weighted by Crippen LogP contribution is 2.43. The van der Waals surface area contributed by atoms with Crippen LogP contribution in [0.4, 0.5) is 0 Å². The lowest BCUT2D eigenvalue weighted by Crippen LogP contribution is -2.34. The number of carbonyl (C=O) groups excluding carboxylic acids is 1. The van der Waals surface area contributed by atoms with Crippen LogP contribution in [-0.4, -0.2) is 19.0 Å². The highest BCUT2D eigenvalue weighted by Gasteiger charge is 2.41. The number of benzene rings is 1. The number of nitrogens with two attached hydrogens (primary N) is 1. The summed E-state index contributed by atoms with van der Waals surface area (Å²) in [5.74, 6) is -0.0275. The summed E-state index contributed by atoms with van der Waals surface area (Å²) in [6.45, 7) is 3.31. The van der Waals surface area contributed by atoms with Crippen LogP contribution in [0.1, 0.15) is 28.8 Å². The van der Waals surface area contributed by atoms with Crippen molar-refractivity contribution in [2.24, 2.45) is 11.1 Å². The van der Waals surface area contributed by atoms with E-state index in [4.69, 9.17) is 5.73 Å². The zero-order valence-electron chi connectivity index (χ0n) is 9.92. The van der Waals surface area contributed by atoms with E-state index >= 15 is 0 Å². The van der Waals surface area contributed by atoms with E-state index in [0.29, 0.717) is 18.7 Å². The number of hydrogen-bond acceptors (Lipinski definition) is 2. The van der Waals surface area contributed by atoms with Crippen LogP contribution in [0.3, 0.4) is 0 Å². The lowest BCUT2D eigenvalue weighted by atomic mass is 10.1. The van der Waals surface area contributed by atoms with Gasteiger partial charge in [-0.25, -0.2) is 0 Å². The van der Waals surface area contributed by atoms with Gasteiger partial charge in [-0.2, -0.15) is 0 Å². The molecule has 1 aliphatic carbocycles. The van der Waals surface area contributed by atoms with Gasteiger partial charge in [0.1, 0.15) is 0 Å². The molecule has 4 heteroatoms. The van der Waals surface area contributed by atoms with E-state index < -0.39 is 0 Å². The molecule has 1 amide bonds. The first-order valence-corrected chi connectivity index (χ1v) is 6.61. The highest BCUT2D eigenvalue weighted by atomic mass is 79.9. The summed E-state index contributed by atoms with van der Waals surface area (Å²) in [4.78, 5) is 12.0. The first-order valence-electron chi connectivity index (χ1n) is 5.81. The van der Waals surface area contributed by atoms with E-state index in [-0.39, 0.29) is 11.3 Å². The molecular formula is C13H17BrN2O. The predicted octanol–water partition coefficient (Wildman–Crippen LogP) is 2.23. The number of amides is 1. The molecule has 0 saturated heterocycles. The van der Waals surface area contributed by atoms with Crippen molar-refractivity contribution >= 4 is 21.8 Å². The van der Waals surface area contributed by atoms with E-state index in [2.05, 4.69) is 21.2 Å². The number of halogens is 1. The molecule has 1 saturated carbocycles. The summed E-state index contributed by atoms with van der Waals surface area (Å²) >= 11 is 3.45. The molecule has 3 N–H and O–H groups in total. The van der Waals surface area contributed by atoms with Crippen LogP contribution < -0.4 is 11.1 Å². The van der Waals surface area contributed by atoms with Crippen molar-refractivity contribution in [3.8, 4) is 0 Å². The Balaban J connectivity index is 2.02. The molecule has 1 aliphatic rings. The topological polar surface area (TPSA) is 55.1 Å². The average Bonchev–Trinajstić information content (AvgIpc) is 3.10. The third kappa shape index (κ3) is 2.69. The molecule has 0 bridgehead atoms. The molecule has 0 aliphatic heterocycles. The van der Waals surface area contributed by atoms with Crippen molar-refractivity contribution in [1.82, 2.24) is 5.32 Å². The minimum absolute atomic E-state index is 0.0275. The first kappa shape index (κ1) is 12.6. The SMILES string of the molecule is Cc1cccc(C(=O)NCC2(CN)CC2)c1Br. The number of aryl methyl sites for hydroxylation is 1. The number of nitrogens with one attached hydrogen (secondary N) is 1. The molecule has 3 nitrogen and oxygen atoms in total. The Labute approximate surface area is 110 Å². The molecule has 0 spiro atoms. The van der Waals surface area contributed by atoms with E-state index in [1.54, 1.807) is 0 Å². The van der Waals surface area contributed by atoms with E-state index in [1.165, 1.54) is 0 Å². The summed E-state index contributed by atoms with van der Waals surface area (Å²) < 4.78 is 0.870. The van der Waals surface area contributed by atoms with Gasteiger partial charge in [-0.3, -0.25) is 4.79 Å². The van der Waals surface area contributed by atoms with Gasteiger partial charge in [0.2, 0.25) is 0 Å². The van der Waals surface area contributed by atoms with Gasteiger partial charge in [-0.15, -0.1) is 0 Å². The zero-order chi connectivity index (χ0) is 12.5. The van der Waals surface area contributed by atoms with Gasteiger partial charge in [0.25, 0.3) is 5.91 Å². The van der Waals surface area contributed by atoms with Crippen LogP contribution in [0.15, 0.2) is 22.7 Å². The lowest BCUT2D eigenvalue weighted by molar-refractivity contribution is 0.0944. The third-order valence-corrected chi connectivity index (χ3v) is 4.50. The third-order valence-electron chi connectivity index (χ3n) is 3.45. The predicted molar refractivity (Wildman–Crippen MR) is 71.9 cm³/mol. The maximum Gasteiger partial charge on any atom is 0.252 e. The van der Waals surface area contributed by atoms with Gasteiger partial charge in [-0.05, 0) is 53.9 Å². The highest BCUT2D eigenvalue weighted by molar-refractivity contribution is 9.10. The average molecular weight is 297 g/mol. The molecule has 1 aromatic rings. The summed E-state index contributed by atoms with van der Waals surface area (Å²) in [7, 11) is 0. The monoisotopic (exact) mass is 296 g/mol. The Morgan fingerprint density at radius 1 is 1.53 bits per heavy atom. The Kier molecular flexibility index (Phi) is 3.54. The molecule has 0 unspecified atom stereocenters. The van der Waals surface area contributed by atoms with E-state index in [0.717, 1.165) is 22.9 Å². The second kappa shape index (κ2) is 4.78. The van der Waals surface area contributed by atoms with Crippen molar-refractivity contribution in [2.75, 3.05) is 13.1 Å². The fourth-order valence-electron chi connectivity index (χ4n) is 1.82. The van der Waals surface area contributed by atoms with Crippen molar-refractivity contribution < 1.29 is 4.79 Å². The van der Waals surface area contributed by atoms with E-state index in [1.807, 2.05) is 25.1 Å². The number of rotatable bonds is 4. The molecule has 1 aromatic carbocycles. The maximum atomic E-state index is 12.0. The fourth-order valence-corrected chi connectivity index (χ4v) is 2.26. The molecule has 2 rings (SSSR count). The van der Waals surface area contributed by atoms with Gasteiger partial charge in [0, 0.05) is 16.4 Å². The van der Waals surface area contributed by atoms with Gasteiger partial charge in [0.05, 0.1) is 5.56 Å². The van der Waals surface area contributed by atoms with Gasteiger partial charge < -0.3 is 11.1 Å². The molecule has 0 radical (unpaired) electrons. The van der Waals surface area contributed by atoms with Crippen molar-refractivity contribution in [3.63, 3.8) is 0 Å². The van der Waals surface area contributed by atoms with Gasteiger partial charge in [0.15, 0.2) is 0 Å². The van der Waals surface area contributed by atoms with Crippen molar-refractivity contribution in [2.45, 2.75) is 19.8 Å². The van der Waals surface area contributed by atoms with Crippen LogP contribution in [0.2, 0.25) is 0 Å². The van der Waals surface area contributed by atoms with Crippen LogP contribution in [0, 0.1) is 12.3 Å². The summed E-state index contributed by atoms with van der Waals surface area (Å²) in [6.07, 6.45) is 2.25. The normalized spacial score (nSPS) is 16.6. The Hall–Kier alpha value is -0.870. The Morgan fingerprint density at radius 3 is 2.82 bits per heavy atom. The first-order chi connectivity index (χ1) is 8.08. The van der Waals surface area contributed by atoms with Crippen LogP contribution in [-0.2, 0) is 0 Å². The fraction of sp³-hybridized carbons (Fsp3) is 0.462.